The van der Waals surface area contributed by atoms with Gasteiger partial charge >= 0.3 is 5.97 Å². The van der Waals surface area contributed by atoms with Crippen molar-refractivity contribution >= 4 is 5.97 Å². The van der Waals surface area contributed by atoms with Gasteiger partial charge in [0.25, 0.3) is 0 Å². The van der Waals surface area contributed by atoms with Crippen LogP contribution >= 0.6 is 0 Å². The molecule has 0 spiro atoms. The van der Waals surface area contributed by atoms with Crippen molar-refractivity contribution < 1.29 is 30.3 Å². The van der Waals surface area contributed by atoms with Gasteiger partial charge in [0.05, 0.1) is 13.2 Å². The Labute approximate surface area is 114 Å². The van der Waals surface area contributed by atoms with E-state index >= 15 is 0 Å². The minimum absolute atomic E-state index is 0.339. The molecule has 0 radical (unpaired) electrons. The maximum absolute atomic E-state index is 10.1. The van der Waals surface area contributed by atoms with Gasteiger partial charge in [-0.2, -0.15) is 0 Å². The first-order valence-corrected chi connectivity index (χ1v) is 6.79. The standard InChI is InChI=1S/C9H18O2.C4H10O4/c1-2-3-4-5-6-7-8-9(10)11;5-1-3(7)4(8)2-6/h2-8H2,1H3,(H,10,11);3-8H,1-2H2/t;3-,4+. The zero-order chi connectivity index (χ0) is 15.1. The first-order chi connectivity index (χ1) is 8.99. The van der Waals surface area contributed by atoms with Crippen LogP contribution in [-0.2, 0) is 4.79 Å². The molecule has 0 aromatic heterocycles. The number of unbranched alkanes of at least 4 members (excludes halogenated alkanes) is 5. The first kappa shape index (κ1) is 20.6. The summed E-state index contributed by atoms with van der Waals surface area (Å²) in [6, 6.07) is 0. The fourth-order valence-corrected chi connectivity index (χ4v) is 1.30. The summed E-state index contributed by atoms with van der Waals surface area (Å²) in [6.45, 7) is 1.13. The fraction of sp³-hybridized carbons (Fsp3) is 0.923. The average molecular weight is 280 g/mol. The first-order valence-electron chi connectivity index (χ1n) is 6.79. The molecule has 5 N–H and O–H groups in total. The summed E-state index contributed by atoms with van der Waals surface area (Å²) in [7, 11) is 0. The van der Waals surface area contributed by atoms with Gasteiger partial charge in [-0.1, -0.05) is 39.0 Å². The summed E-state index contributed by atoms with van der Waals surface area (Å²) >= 11 is 0. The number of hydrogen-bond donors (Lipinski definition) is 5. The van der Waals surface area contributed by atoms with E-state index in [-0.39, 0.29) is 0 Å². The number of aliphatic hydroxyl groups excluding tert-OH is 4. The molecule has 2 atom stereocenters. The van der Waals surface area contributed by atoms with E-state index in [4.69, 9.17) is 25.5 Å². The van der Waals surface area contributed by atoms with E-state index in [1.807, 2.05) is 0 Å². The molecule has 19 heavy (non-hydrogen) atoms. The summed E-state index contributed by atoms with van der Waals surface area (Å²) in [5.41, 5.74) is 0. The van der Waals surface area contributed by atoms with Gasteiger partial charge in [-0.05, 0) is 6.42 Å². The summed E-state index contributed by atoms with van der Waals surface area (Å²) < 4.78 is 0. The van der Waals surface area contributed by atoms with Crippen LogP contribution in [0.3, 0.4) is 0 Å². The third kappa shape index (κ3) is 17.3. The number of carboxylic acids is 1. The molecule has 0 saturated carbocycles. The third-order valence-electron chi connectivity index (χ3n) is 2.56. The lowest BCUT2D eigenvalue weighted by atomic mass is 10.1. The van der Waals surface area contributed by atoms with E-state index in [1.165, 1.54) is 25.7 Å². The number of carboxylic acid groups (broad SMARTS) is 1. The largest absolute Gasteiger partial charge is 0.481 e. The van der Waals surface area contributed by atoms with Crippen LogP contribution in [0.5, 0.6) is 0 Å². The molecular formula is C13H28O6. The molecule has 0 aliphatic carbocycles. The molecule has 0 amide bonds. The highest BCUT2D eigenvalue weighted by atomic mass is 16.4. The van der Waals surface area contributed by atoms with Crippen LogP contribution in [0.15, 0.2) is 0 Å². The minimum Gasteiger partial charge on any atom is -0.481 e. The molecule has 0 unspecified atom stereocenters. The zero-order valence-electron chi connectivity index (χ0n) is 11.7. The van der Waals surface area contributed by atoms with Crippen LogP contribution in [0.4, 0.5) is 0 Å². The molecule has 6 nitrogen and oxygen atoms in total. The highest BCUT2D eigenvalue weighted by Gasteiger charge is 2.12. The molecule has 0 aromatic rings. The van der Waals surface area contributed by atoms with Crippen molar-refractivity contribution in [1.29, 1.82) is 0 Å². The molecule has 0 bridgehead atoms. The fourth-order valence-electron chi connectivity index (χ4n) is 1.30. The molecule has 0 saturated heterocycles. The van der Waals surface area contributed by atoms with Crippen LogP contribution in [0, 0.1) is 0 Å². The SMILES string of the molecule is CCCCCCCCC(=O)O.OC[C@@H](O)[C@@H](O)CO. The molecule has 0 aliphatic rings. The number of rotatable bonds is 10. The lowest BCUT2D eigenvalue weighted by Crippen LogP contribution is -2.31. The maximum atomic E-state index is 10.1. The van der Waals surface area contributed by atoms with Crippen molar-refractivity contribution in [3.63, 3.8) is 0 Å². The van der Waals surface area contributed by atoms with Crippen LogP contribution in [-0.4, -0.2) is 56.9 Å². The van der Waals surface area contributed by atoms with Crippen LogP contribution < -0.4 is 0 Å². The van der Waals surface area contributed by atoms with Crippen molar-refractivity contribution in [1.82, 2.24) is 0 Å². The summed E-state index contributed by atoms with van der Waals surface area (Å²) in [6.07, 6.45) is 4.81. The predicted octanol–water partition coefficient (Wildman–Crippen LogP) is 0.514. The summed E-state index contributed by atoms with van der Waals surface area (Å²) in [5.74, 6) is -0.666. The minimum atomic E-state index is -1.22. The summed E-state index contributed by atoms with van der Waals surface area (Å²) in [4.78, 5) is 10.1. The van der Waals surface area contributed by atoms with E-state index in [9.17, 15) is 4.79 Å². The van der Waals surface area contributed by atoms with Gasteiger partial charge < -0.3 is 25.5 Å². The van der Waals surface area contributed by atoms with Crippen LogP contribution in [0.2, 0.25) is 0 Å². The molecular weight excluding hydrogens is 252 g/mol. The Morgan fingerprint density at radius 1 is 0.895 bits per heavy atom. The lowest BCUT2D eigenvalue weighted by molar-refractivity contribution is -0.137. The normalized spacial score (nSPS) is 13.3. The number of aliphatic hydroxyl groups is 4. The highest BCUT2D eigenvalue weighted by molar-refractivity contribution is 5.66. The van der Waals surface area contributed by atoms with Crippen molar-refractivity contribution in [3.8, 4) is 0 Å². The predicted molar refractivity (Wildman–Crippen MR) is 71.8 cm³/mol. The van der Waals surface area contributed by atoms with E-state index in [0.717, 1.165) is 12.8 Å². The monoisotopic (exact) mass is 280 g/mol. The second-order valence-electron chi connectivity index (χ2n) is 4.41. The molecule has 0 heterocycles. The topological polar surface area (TPSA) is 118 Å². The second-order valence-corrected chi connectivity index (χ2v) is 4.41. The van der Waals surface area contributed by atoms with Gasteiger partial charge in [0.15, 0.2) is 0 Å². The quantitative estimate of drug-likeness (QED) is 0.372. The Morgan fingerprint density at radius 3 is 1.68 bits per heavy atom. The molecule has 0 aromatic carbocycles. The van der Waals surface area contributed by atoms with E-state index in [1.54, 1.807) is 0 Å². The lowest BCUT2D eigenvalue weighted by Gasteiger charge is -2.10. The van der Waals surface area contributed by atoms with Crippen molar-refractivity contribution in [2.24, 2.45) is 0 Å². The van der Waals surface area contributed by atoms with E-state index in [2.05, 4.69) is 6.92 Å². The van der Waals surface area contributed by atoms with Gasteiger partial charge in [-0.25, -0.2) is 0 Å². The smallest absolute Gasteiger partial charge is 0.303 e. The number of hydrogen-bond acceptors (Lipinski definition) is 5. The number of aliphatic carboxylic acids is 1. The summed E-state index contributed by atoms with van der Waals surface area (Å²) in [5, 5.41) is 41.5. The molecule has 0 aliphatic heterocycles. The van der Waals surface area contributed by atoms with Crippen LogP contribution in [0.25, 0.3) is 0 Å². The molecule has 0 fully saturated rings. The van der Waals surface area contributed by atoms with Gasteiger partial charge in [0, 0.05) is 6.42 Å². The Balaban J connectivity index is 0. The van der Waals surface area contributed by atoms with E-state index < -0.39 is 31.4 Å². The second kappa shape index (κ2) is 15.4. The highest BCUT2D eigenvalue weighted by Crippen LogP contribution is 2.06. The molecule has 6 heteroatoms. The van der Waals surface area contributed by atoms with Gasteiger partial charge in [0.1, 0.15) is 12.2 Å². The van der Waals surface area contributed by atoms with Crippen molar-refractivity contribution in [2.75, 3.05) is 13.2 Å². The van der Waals surface area contributed by atoms with Gasteiger partial charge in [0.2, 0.25) is 0 Å². The van der Waals surface area contributed by atoms with E-state index in [0.29, 0.717) is 6.42 Å². The van der Waals surface area contributed by atoms with Crippen molar-refractivity contribution in [3.05, 3.63) is 0 Å². The number of carbonyl (C=O) groups is 1. The molecule has 116 valence electrons. The third-order valence-corrected chi connectivity index (χ3v) is 2.56. The maximum Gasteiger partial charge on any atom is 0.303 e. The van der Waals surface area contributed by atoms with Crippen LogP contribution in [0.1, 0.15) is 51.9 Å². The van der Waals surface area contributed by atoms with Gasteiger partial charge in [-0.3, -0.25) is 4.79 Å². The Hall–Kier alpha value is -0.690. The Kier molecular flexibility index (Phi) is 16.7. The van der Waals surface area contributed by atoms with Gasteiger partial charge in [-0.15, -0.1) is 0 Å². The van der Waals surface area contributed by atoms with Crippen molar-refractivity contribution in [2.45, 2.75) is 64.1 Å². The zero-order valence-corrected chi connectivity index (χ0v) is 11.7. The Bertz CT molecular complexity index is 190. The Morgan fingerprint density at radius 2 is 1.32 bits per heavy atom. The average Bonchev–Trinajstić information content (AvgIpc) is 2.41. The molecule has 0 rings (SSSR count).